The van der Waals surface area contributed by atoms with E-state index in [-0.39, 0.29) is 22.1 Å². The summed E-state index contributed by atoms with van der Waals surface area (Å²) in [6.45, 7) is 5.80. The van der Waals surface area contributed by atoms with E-state index in [9.17, 15) is 24.0 Å². The molecule has 0 saturated carbocycles. The minimum Gasteiger partial charge on any atom is -0.463 e. The fourth-order valence-electron chi connectivity index (χ4n) is 5.28. The molecule has 1 saturated heterocycles. The van der Waals surface area contributed by atoms with Gasteiger partial charge in [0, 0.05) is 39.1 Å². The van der Waals surface area contributed by atoms with Gasteiger partial charge in [0.2, 0.25) is 17.8 Å². The highest BCUT2D eigenvalue weighted by atomic mass is 16.7. The molecule has 0 aliphatic carbocycles. The molecule has 3 heterocycles. The number of ether oxygens (including phenoxy) is 6. The van der Waals surface area contributed by atoms with Crippen LogP contribution in [0.3, 0.4) is 0 Å². The van der Waals surface area contributed by atoms with Crippen LogP contribution in [0.4, 0.5) is 0 Å². The zero-order valence-corrected chi connectivity index (χ0v) is 25.6. The summed E-state index contributed by atoms with van der Waals surface area (Å²) in [5.41, 5.74) is 1.39. The fraction of sp³-hybridized carbons (Fsp3) is 0.333. The van der Waals surface area contributed by atoms with Gasteiger partial charge in [0.25, 0.3) is 0 Å². The summed E-state index contributed by atoms with van der Waals surface area (Å²) >= 11 is 0. The molecule has 13 nitrogen and oxygen atoms in total. The second-order valence-electron chi connectivity index (χ2n) is 10.6. The Labute approximate surface area is 262 Å². The molecular weight excluding hydrogens is 602 g/mol. The van der Waals surface area contributed by atoms with Crippen LogP contribution in [0.1, 0.15) is 33.5 Å². The minimum absolute atomic E-state index is 0.132. The molecule has 0 radical (unpaired) electrons. The third-order valence-electron chi connectivity index (χ3n) is 7.09. The molecule has 5 rings (SSSR count). The number of pyridine rings is 1. The van der Waals surface area contributed by atoms with Gasteiger partial charge in [-0.05, 0) is 31.2 Å². The van der Waals surface area contributed by atoms with Crippen LogP contribution in [0.25, 0.3) is 33.1 Å². The van der Waals surface area contributed by atoms with Crippen LogP contribution in [0.5, 0.6) is 5.75 Å². The van der Waals surface area contributed by atoms with Gasteiger partial charge in [0.05, 0.1) is 22.2 Å². The molecule has 1 aliphatic rings. The van der Waals surface area contributed by atoms with E-state index in [0.717, 1.165) is 31.7 Å². The van der Waals surface area contributed by atoms with Gasteiger partial charge in [-0.25, -0.2) is 4.98 Å². The zero-order valence-electron chi connectivity index (χ0n) is 25.6. The van der Waals surface area contributed by atoms with Gasteiger partial charge in [-0.15, -0.1) is 0 Å². The van der Waals surface area contributed by atoms with E-state index >= 15 is 0 Å². The molecular formula is C33H31NO12. The van der Waals surface area contributed by atoms with Gasteiger partial charge in [-0.2, -0.15) is 0 Å². The van der Waals surface area contributed by atoms with Gasteiger partial charge in [0.15, 0.2) is 12.2 Å². The predicted octanol–water partition coefficient (Wildman–Crippen LogP) is 3.78. The van der Waals surface area contributed by atoms with E-state index in [1.807, 2.05) is 30.3 Å². The first-order valence-electron chi connectivity index (χ1n) is 14.3. The molecule has 13 heteroatoms. The Morgan fingerprint density at radius 2 is 1.48 bits per heavy atom. The van der Waals surface area contributed by atoms with Crippen LogP contribution < -0.4 is 10.2 Å². The third-order valence-corrected chi connectivity index (χ3v) is 7.09. The highest BCUT2D eigenvalue weighted by Gasteiger charge is 2.53. The lowest BCUT2D eigenvalue weighted by Gasteiger charge is -2.43. The number of carbonyl (C=O) groups excluding carboxylic acids is 4. The van der Waals surface area contributed by atoms with Crippen LogP contribution in [0, 0.1) is 6.92 Å². The summed E-state index contributed by atoms with van der Waals surface area (Å²) in [5, 5.41) is 1.18. The van der Waals surface area contributed by atoms with E-state index < -0.39 is 61.2 Å². The van der Waals surface area contributed by atoms with E-state index in [0.29, 0.717) is 17.0 Å². The molecule has 1 fully saturated rings. The van der Waals surface area contributed by atoms with Crippen molar-refractivity contribution in [3.05, 3.63) is 70.6 Å². The van der Waals surface area contributed by atoms with Gasteiger partial charge >= 0.3 is 23.9 Å². The number of aromatic nitrogens is 1. The van der Waals surface area contributed by atoms with Crippen molar-refractivity contribution < 1.29 is 52.0 Å². The molecule has 46 heavy (non-hydrogen) atoms. The number of rotatable bonds is 8. The average molecular weight is 634 g/mol. The van der Waals surface area contributed by atoms with E-state index in [1.54, 1.807) is 13.0 Å². The van der Waals surface area contributed by atoms with Crippen LogP contribution in [0.2, 0.25) is 0 Å². The van der Waals surface area contributed by atoms with Crippen molar-refractivity contribution in [2.75, 3.05) is 6.61 Å². The molecule has 2 aromatic carbocycles. The predicted molar refractivity (Wildman–Crippen MR) is 161 cm³/mol. The third kappa shape index (κ3) is 6.99. The molecule has 1 aliphatic heterocycles. The number of hydrogen-bond donors (Lipinski definition) is 0. The normalized spacial score (nSPS) is 20.9. The van der Waals surface area contributed by atoms with Crippen molar-refractivity contribution in [2.24, 2.45) is 0 Å². The second kappa shape index (κ2) is 13.4. The van der Waals surface area contributed by atoms with Crippen LogP contribution in [-0.4, -0.2) is 66.2 Å². The van der Waals surface area contributed by atoms with Gasteiger partial charge in [-0.1, -0.05) is 24.3 Å². The molecule has 0 spiro atoms. The number of hydrogen-bond acceptors (Lipinski definition) is 13. The first-order valence-corrected chi connectivity index (χ1v) is 14.3. The van der Waals surface area contributed by atoms with Gasteiger partial charge < -0.3 is 32.8 Å². The number of carbonyl (C=O) groups is 4. The fourth-order valence-corrected chi connectivity index (χ4v) is 5.28. The SMILES string of the molecule is CC(=O)OC[C@@H]1O[C@H](Oc2ccc3c(=O)c(-c4ccc5ccccc5n4)c(C)oc3c2)[C@H](OC(C)=O)[C@H](OC(C)=O)[C@@H]1OC(C)=O. The molecule has 5 atom stereocenters. The quantitative estimate of drug-likeness (QED) is 0.203. The van der Waals surface area contributed by atoms with E-state index in [4.69, 9.17) is 32.8 Å². The number of benzene rings is 2. The van der Waals surface area contributed by atoms with E-state index in [2.05, 4.69) is 4.98 Å². The second-order valence-corrected chi connectivity index (χ2v) is 10.6. The lowest BCUT2D eigenvalue weighted by atomic mass is 9.98. The number of fused-ring (bicyclic) bond motifs is 2. The minimum atomic E-state index is -1.45. The summed E-state index contributed by atoms with van der Waals surface area (Å²) in [7, 11) is 0. The van der Waals surface area contributed by atoms with Crippen molar-refractivity contribution in [1.29, 1.82) is 0 Å². The molecule has 0 bridgehead atoms. The Morgan fingerprint density at radius 1 is 0.804 bits per heavy atom. The summed E-state index contributed by atoms with van der Waals surface area (Å²) in [5.74, 6) is -2.48. The van der Waals surface area contributed by atoms with Gasteiger partial charge in [-0.3, -0.25) is 24.0 Å². The summed E-state index contributed by atoms with van der Waals surface area (Å²) in [6.07, 6.45) is -6.80. The number of esters is 4. The summed E-state index contributed by atoms with van der Waals surface area (Å²) < 4.78 is 39.5. The molecule has 2 aromatic heterocycles. The number of nitrogens with zero attached hydrogens (tertiary/aromatic N) is 1. The highest BCUT2D eigenvalue weighted by Crippen LogP contribution is 2.32. The highest BCUT2D eigenvalue weighted by molar-refractivity contribution is 5.86. The maximum absolute atomic E-state index is 13.6. The number of para-hydroxylation sites is 1. The Balaban J connectivity index is 1.51. The Bertz CT molecular complexity index is 1880. The monoisotopic (exact) mass is 633 g/mol. The maximum atomic E-state index is 13.6. The average Bonchev–Trinajstić information content (AvgIpc) is 2.98. The number of aryl methyl sites for hydroxylation is 1. The topological polar surface area (TPSA) is 167 Å². The first kappa shape index (κ1) is 32.1. The molecule has 4 aromatic rings. The Kier molecular flexibility index (Phi) is 9.33. The van der Waals surface area contributed by atoms with Crippen molar-refractivity contribution in [3.63, 3.8) is 0 Å². The van der Waals surface area contributed by atoms with Crippen molar-refractivity contribution in [3.8, 4) is 17.0 Å². The molecule has 0 unspecified atom stereocenters. The molecule has 0 N–H and O–H groups in total. The molecule has 240 valence electrons. The van der Waals surface area contributed by atoms with Crippen LogP contribution in [-0.2, 0) is 42.9 Å². The maximum Gasteiger partial charge on any atom is 0.303 e. The Hall–Kier alpha value is -5.30. The lowest BCUT2D eigenvalue weighted by molar-refractivity contribution is -0.288. The van der Waals surface area contributed by atoms with Crippen molar-refractivity contribution in [2.45, 2.75) is 65.3 Å². The Morgan fingerprint density at radius 3 is 2.17 bits per heavy atom. The first-order chi connectivity index (χ1) is 21.9. The van der Waals surface area contributed by atoms with Crippen LogP contribution >= 0.6 is 0 Å². The summed E-state index contributed by atoms with van der Waals surface area (Å²) in [6, 6.07) is 15.6. The molecule has 0 amide bonds. The van der Waals surface area contributed by atoms with Crippen molar-refractivity contribution in [1.82, 2.24) is 4.98 Å². The van der Waals surface area contributed by atoms with E-state index in [1.165, 1.54) is 25.1 Å². The largest absolute Gasteiger partial charge is 0.463 e. The standard InChI is InChI=1S/C33H31NO12/c1-16-28(25-13-10-21-8-6-7-9-24(21)34-25)29(39)23-12-11-22(14-26(23)41-16)45-33-32(44-20(5)38)31(43-19(4)37)30(42-18(3)36)27(46-33)15-40-17(2)35/h6-14,27,30-33H,15H2,1-5H3/t27-,30+,31+,32+,33-/m0/s1. The zero-order chi connectivity index (χ0) is 33.1. The smallest absolute Gasteiger partial charge is 0.303 e. The van der Waals surface area contributed by atoms with Crippen molar-refractivity contribution >= 4 is 45.7 Å². The lowest BCUT2D eigenvalue weighted by Crippen LogP contribution is -2.63. The van der Waals surface area contributed by atoms with Crippen LogP contribution in [0.15, 0.2) is 63.8 Å². The summed E-state index contributed by atoms with van der Waals surface area (Å²) in [4.78, 5) is 66.1. The van der Waals surface area contributed by atoms with Gasteiger partial charge in [0.1, 0.15) is 29.8 Å².